The number of benzene rings is 1. The zero-order valence-electron chi connectivity index (χ0n) is 11.0. The molecule has 2 saturated carbocycles. The minimum absolute atomic E-state index is 0.622. The van der Waals surface area contributed by atoms with Crippen molar-refractivity contribution in [2.24, 2.45) is 17.8 Å². The van der Waals surface area contributed by atoms with Crippen LogP contribution < -0.4 is 5.32 Å². The third kappa shape index (κ3) is 2.44. The Morgan fingerprint density at radius 1 is 1.28 bits per heavy atom. The second kappa shape index (κ2) is 5.22. The van der Waals surface area contributed by atoms with Crippen LogP contribution in [0.2, 0.25) is 5.02 Å². The van der Waals surface area contributed by atoms with E-state index in [0.717, 1.165) is 29.3 Å². The monoisotopic (exact) mass is 263 g/mol. The minimum Gasteiger partial charge on any atom is -0.310 e. The van der Waals surface area contributed by atoms with Crippen LogP contribution in [-0.2, 0) is 6.54 Å². The van der Waals surface area contributed by atoms with E-state index in [1.165, 1.54) is 31.2 Å². The molecule has 98 valence electrons. The van der Waals surface area contributed by atoms with Crippen LogP contribution in [0.1, 0.15) is 38.2 Å². The Morgan fingerprint density at radius 3 is 2.78 bits per heavy atom. The molecule has 2 aliphatic rings. The molecular formula is C16H22ClN. The molecule has 0 spiro atoms. The maximum Gasteiger partial charge on any atom is 0.0450 e. The third-order valence-electron chi connectivity index (χ3n) is 5.01. The van der Waals surface area contributed by atoms with Gasteiger partial charge < -0.3 is 5.32 Å². The second-order valence-electron chi connectivity index (χ2n) is 6.10. The normalized spacial score (nSPS) is 31.8. The Morgan fingerprint density at radius 2 is 2.11 bits per heavy atom. The fourth-order valence-corrected chi connectivity index (χ4v) is 4.17. The lowest BCUT2D eigenvalue weighted by molar-refractivity contribution is 0.259. The summed E-state index contributed by atoms with van der Waals surface area (Å²) in [5.74, 6) is 2.92. The predicted molar refractivity (Wildman–Crippen MR) is 76.7 cm³/mol. The molecule has 2 fully saturated rings. The first kappa shape index (κ1) is 12.5. The van der Waals surface area contributed by atoms with Crippen molar-refractivity contribution in [1.29, 1.82) is 0 Å². The van der Waals surface area contributed by atoms with Gasteiger partial charge in [-0.2, -0.15) is 0 Å². The van der Waals surface area contributed by atoms with Gasteiger partial charge in [0.05, 0.1) is 0 Å². The van der Waals surface area contributed by atoms with Crippen molar-refractivity contribution in [3.63, 3.8) is 0 Å². The first-order valence-electron chi connectivity index (χ1n) is 7.21. The summed E-state index contributed by atoms with van der Waals surface area (Å²) in [4.78, 5) is 0. The summed E-state index contributed by atoms with van der Waals surface area (Å²) in [6.07, 6.45) is 5.88. The summed E-state index contributed by atoms with van der Waals surface area (Å²) in [6, 6.07) is 8.76. The maximum absolute atomic E-state index is 6.19. The lowest BCUT2D eigenvalue weighted by atomic mass is 9.84. The van der Waals surface area contributed by atoms with Crippen molar-refractivity contribution in [3.05, 3.63) is 34.9 Å². The molecule has 0 radical (unpaired) electrons. The van der Waals surface area contributed by atoms with Gasteiger partial charge in [-0.1, -0.05) is 36.2 Å². The predicted octanol–water partition coefficient (Wildman–Crippen LogP) is 4.25. The molecular weight excluding hydrogens is 242 g/mol. The molecule has 1 aromatic carbocycles. The molecule has 2 bridgehead atoms. The largest absolute Gasteiger partial charge is 0.310 e. The van der Waals surface area contributed by atoms with Crippen LogP contribution in [0, 0.1) is 17.8 Å². The molecule has 1 nitrogen and oxygen atoms in total. The first-order chi connectivity index (χ1) is 8.74. The van der Waals surface area contributed by atoms with Gasteiger partial charge in [-0.05, 0) is 55.6 Å². The van der Waals surface area contributed by atoms with Crippen LogP contribution in [0.5, 0.6) is 0 Å². The molecule has 0 unspecified atom stereocenters. The number of hydrogen-bond donors (Lipinski definition) is 1. The topological polar surface area (TPSA) is 12.0 Å². The zero-order valence-corrected chi connectivity index (χ0v) is 11.8. The molecule has 1 N–H and O–H groups in total. The van der Waals surface area contributed by atoms with Gasteiger partial charge in [-0.15, -0.1) is 0 Å². The molecule has 18 heavy (non-hydrogen) atoms. The molecule has 2 aliphatic carbocycles. The van der Waals surface area contributed by atoms with E-state index in [9.17, 15) is 0 Å². The Kier molecular flexibility index (Phi) is 3.63. The second-order valence-corrected chi connectivity index (χ2v) is 6.51. The fraction of sp³-hybridized carbons (Fsp3) is 0.625. The molecule has 0 heterocycles. The molecule has 0 aliphatic heterocycles. The van der Waals surface area contributed by atoms with Crippen molar-refractivity contribution < 1.29 is 0 Å². The van der Waals surface area contributed by atoms with E-state index >= 15 is 0 Å². The van der Waals surface area contributed by atoms with E-state index in [1.54, 1.807) is 0 Å². The van der Waals surface area contributed by atoms with Crippen LogP contribution in [-0.4, -0.2) is 6.04 Å². The van der Waals surface area contributed by atoms with Gasteiger partial charge >= 0.3 is 0 Å². The molecule has 2 heteroatoms. The van der Waals surface area contributed by atoms with Crippen molar-refractivity contribution >= 4 is 11.6 Å². The van der Waals surface area contributed by atoms with Crippen LogP contribution in [0.15, 0.2) is 24.3 Å². The van der Waals surface area contributed by atoms with E-state index in [-0.39, 0.29) is 0 Å². The number of nitrogens with one attached hydrogen (secondary N) is 1. The van der Waals surface area contributed by atoms with E-state index in [0.29, 0.717) is 6.04 Å². The highest BCUT2D eigenvalue weighted by molar-refractivity contribution is 6.31. The van der Waals surface area contributed by atoms with E-state index in [4.69, 9.17) is 11.6 Å². The summed E-state index contributed by atoms with van der Waals surface area (Å²) in [7, 11) is 0. The van der Waals surface area contributed by atoms with Gasteiger partial charge in [0, 0.05) is 17.6 Å². The van der Waals surface area contributed by atoms with Crippen molar-refractivity contribution in [3.8, 4) is 0 Å². The quantitative estimate of drug-likeness (QED) is 0.856. The van der Waals surface area contributed by atoms with Gasteiger partial charge in [0.1, 0.15) is 0 Å². The Labute approximate surface area is 115 Å². The summed E-state index contributed by atoms with van der Waals surface area (Å²) >= 11 is 6.19. The number of hydrogen-bond acceptors (Lipinski definition) is 1. The highest BCUT2D eigenvalue weighted by Gasteiger charge is 2.41. The SMILES string of the molecule is C[C@@H](NCc1ccccc1Cl)[C@H]1C[C@@H]2CC[C@@H]1C2. The number of halogens is 1. The average molecular weight is 264 g/mol. The number of rotatable bonds is 4. The van der Waals surface area contributed by atoms with E-state index < -0.39 is 0 Å². The fourth-order valence-electron chi connectivity index (χ4n) is 3.97. The molecule has 3 rings (SSSR count). The van der Waals surface area contributed by atoms with Crippen molar-refractivity contribution in [2.75, 3.05) is 0 Å². The third-order valence-corrected chi connectivity index (χ3v) is 5.38. The van der Waals surface area contributed by atoms with Crippen LogP contribution in [0.3, 0.4) is 0 Å². The standard InChI is InChI=1S/C16H22ClN/c1-11(15-9-12-6-7-13(15)8-12)18-10-14-4-2-3-5-16(14)17/h2-5,11-13,15,18H,6-10H2,1H3/t11-,12-,13-,15-/m1/s1. The van der Waals surface area contributed by atoms with Gasteiger partial charge in [-0.25, -0.2) is 0 Å². The average Bonchev–Trinajstić information content (AvgIpc) is 2.99. The maximum atomic E-state index is 6.19. The highest BCUT2D eigenvalue weighted by Crippen LogP contribution is 2.49. The van der Waals surface area contributed by atoms with Gasteiger partial charge in [-0.3, -0.25) is 0 Å². The van der Waals surface area contributed by atoms with Crippen molar-refractivity contribution in [2.45, 2.75) is 45.2 Å². The van der Waals surface area contributed by atoms with Gasteiger partial charge in [0.2, 0.25) is 0 Å². The van der Waals surface area contributed by atoms with E-state index in [1.807, 2.05) is 12.1 Å². The van der Waals surface area contributed by atoms with Crippen LogP contribution in [0.4, 0.5) is 0 Å². The van der Waals surface area contributed by atoms with Gasteiger partial charge in [0.15, 0.2) is 0 Å². The summed E-state index contributed by atoms with van der Waals surface area (Å²) < 4.78 is 0. The lowest BCUT2D eigenvalue weighted by Crippen LogP contribution is -2.35. The molecule has 0 amide bonds. The van der Waals surface area contributed by atoms with Crippen LogP contribution in [0.25, 0.3) is 0 Å². The Hall–Kier alpha value is -0.530. The summed E-state index contributed by atoms with van der Waals surface area (Å²) in [5, 5.41) is 4.56. The number of fused-ring (bicyclic) bond motifs is 2. The summed E-state index contributed by atoms with van der Waals surface area (Å²) in [6.45, 7) is 3.25. The molecule has 1 aromatic rings. The van der Waals surface area contributed by atoms with Gasteiger partial charge in [0.25, 0.3) is 0 Å². The van der Waals surface area contributed by atoms with E-state index in [2.05, 4.69) is 24.4 Å². The highest BCUT2D eigenvalue weighted by atomic mass is 35.5. The lowest BCUT2D eigenvalue weighted by Gasteiger charge is -2.28. The molecule has 0 saturated heterocycles. The van der Waals surface area contributed by atoms with Crippen molar-refractivity contribution in [1.82, 2.24) is 5.32 Å². The summed E-state index contributed by atoms with van der Waals surface area (Å²) in [5.41, 5.74) is 1.22. The zero-order chi connectivity index (χ0) is 12.5. The Bertz CT molecular complexity index is 417. The Balaban J connectivity index is 1.56. The molecule has 0 aromatic heterocycles. The minimum atomic E-state index is 0.622. The molecule has 4 atom stereocenters. The smallest absolute Gasteiger partial charge is 0.0450 e. The van der Waals surface area contributed by atoms with Crippen LogP contribution >= 0.6 is 11.6 Å². The first-order valence-corrected chi connectivity index (χ1v) is 7.58.